The first-order valence-electron chi connectivity index (χ1n) is 9.71. The first-order valence-corrected chi connectivity index (χ1v) is 11.1. The van der Waals surface area contributed by atoms with Gasteiger partial charge in [0, 0.05) is 26.2 Å². The molecule has 2 aromatic carbocycles. The van der Waals surface area contributed by atoms with Crippen molar-refractivity contribution in [3.05, 3.63) is 59.9 Å². The Labute approximate surface area is 171 Å². The van der Waals surface area contributed by atoms with E-state index in [-0.39, 0.29) is 11.5 Å². The molecule has 0 amide bonds. The largest absolute Gasteiger partial charge is 0.491 e. The van der Waals surface area contributed by atoms with Crippen molar-refractivity contribution in [2.24, 2.45) is 0 Å². The molecule has 29 heavy (non-hydrogen) atoms. The number of aryl methyl sites for hydroxylation is 1. The number of nitrogens with zero attached hydrogens (tertiary/aromatic N) is 2. The number of sulfonamides is 1. The molecule has 1 saturated heterocycles. The zero-order chi connectivity index (χ0) is 20.9. The second-order valence-corrected chi connectivity index (χ2v) is 9.18. The zero-order valence-corrected chi connectivity index (χ0v) is 17.3. The Balaban J connectivity index is 1.53. The van der Waals surface area contributed by atoms with Crippen LogP contribution in [0.15, 0.2) is 53.4 Å². The van der Waals surface area contributed by atoms with Gasteiger partial charge in [-0.25, -0.2) is 12.8 Å². The summed E-state index contributed by atoms with van der Waals surface area (Å²) in [5.74, 6) is 0.284. The van der Waals surface area contributed by atoms with Crippen LogP contribution >= 0.6 is 0 Å². The third-order valence-corrected chi connectivity index (χ3v) is 6.91. The molecule has 3 rings (SSSR count). The maximum atomic E-state index is 13.1. The van der Waals surface area contributed by atoms with Crippen LogP contribution in [0.5, 0.6) is 5.75 Å². The van der Waals surface area contributed by atoms with Crippen molar-refractivity contribution in [2.75, 3.05) is 39.3 Å². The molecule has 1 fully saturated rings. The van der Waals surface area contributed by atoms with E-state index in [4.69, 9.17) is 4.74 Å². The van der Waals surface area contributed by atoms with Gasteiger partial charge in [0.1, 0.15) is 24.3 Å². The quantitative estimate of drug-likeness (QED) is 0.741. The fraction of sp³-hybridized carbons (Fsp3) is 0.429. The molecule has 1 aliphatic heterocycles. The molecule has 0 bridgehead atoms. The SMILES string of the molecule is Cc1ccccc1OCC(O)CN1CCCN(S(=O)(=O)c2ccc(F)cc2)CC1. The fourth-order valence-electron chi connectivity index (χ4n) is 3.38. The van der Waals surface area contributed by atoms with Crippen LogP contribution < -0.4 is 4.74 Å². The van der Waals surface area contributed by atoms with Crippen molar-refractivity contribution < 1.29 is 22.7 Å². The predicted octanol–water partition coefficient (Wildman–Crippen LogP) is 2.27. The molecular weight excluding hydrogens is 395 g/mol. The molecular formula is C21H27FN2O4S. The van der Waals surface area contributed by atoms with Gasteiger partial charge >= 0.3 is 0 Å². The molecule has 0 aliphatic carbocycles. The molecule has 8 heteroatoms. The van der Waals surface area contributed by atoms with Gasteiger partial charge in [-0.3, -0.25) is 4.90 Å². The molecule has 6 nitrogen and oxygen atoms in total. The number of hydrogen-bond donors (Lipinski definition) is 1. The summed E-state index contributed by atoms with van der Waals surface area (Å²) in [4.78, 5) is 2.14. The highest BCUT2D eigenvalue weighted by Gasteiger charge is 2.27. The molecule has 1 heterocycles. The Kier molecular flexibility index (Phi) is 7.23. The lowest BCUT2D eigenvalue weighted by Crippen LogP contribution is -2.39. The molecule has 0 spiro atoms. The minimum Gasteiger partial charge on any atom is -0.491 e. The summed E-state index contributed by atoms with van der Waals surface area (Å²) in [6, 6.07) is 12.5. The van der Waals surface area contributed by atoms with Crippen LogP contribution in [-0.4, -0.2) is 68.2 Å². The van der Waals surface area contributed by atoms with Crippen molar-refractivity contribution in [1.82, 2.24) is 9.21 Å². The summed E-state index contributed by atoms with van der Waals surface area (Å²) in [6.07, 6.45) is -0.0129. The van der Waals surface area contributed by atoms with Crippen molar-refractivity contribution in [3.8, 4) is 5.75 Å². The van der Waals surface area contributed by atoms with E-state index in [1.54, 1.807) is 0 Å². The highest BCUT2D eigenvalue weighted by atomic mass is 32.2. The zero-order valence-electron chi connectivity index (χ0n) is 16.5. The van der Waals surface area contributed by atoms with Gasteiger partial charge in [0.05, 0.1) is 4.90 Å². The summed E-state index contributed by atoms with van der Waals surface area (Å²) in [6.45, 7) is 4.47. The van der Waals surface area contributed by atoms with Crippen LogP contribution in [0.2, 0.25) is 0 Å². The lowest BCUT2D eigenvalue weighted by atomic mass is 10.2. The molecule has 2 aromatic rings. The monoisotopic (exact) mass is 422 g/mol. The highest BCUT2D eigenvalue weighted by molar-refractivity contribution is 7.89. The number of benzene rings is 2. The number of ether oxygens (including phenoxy) is 1. The summed E-state index contributed by atoms with van der Waals surface area (Å²) in [7, 11) is -3.65. The fourth-order valence-corrected chi connectivity index (χ4v) is 4.85. The van der Waals surface area contributed by atoms with Gasteiger partial charge in [-0.2, -0.15) is 4.31 Å². The van der Waals surface area contributed by atoms with E-state index in [0.29, 0.717) is 39.1 Å². The van der Waals surface area contributed by atoms with Gasteiger partial charge in [0.15, 0.2) is 0 Å². The molecule has 0 saturated carbocycles. The van der Waals surface area contributed by atoms with E-state index < -0.39 is 21.9 Å². The molecule has 1 aliphatic rings. The molecule has 0 aromatic heterocycles. The van der Waals surface area contributed by atoms with Crippen molar-refractivity contribution in [3.63, 3.8) is 0 Å². The van der Waals surface area contributed by atoms with Crippen molar-refractivity contribution in [2.45, 2.75) is 24.3 Å². The van der Waals surface area contributed by atoms with Gasteiger partial charge in [-0.05, 0) is 55.8 Å². The van der Waals surface area contributed by atoms with Gasteiger partial charge in [-0.1, -0.05) is 18.2 Å². The van der Waals surface area contributed by atoms with E-state index in [0.717, 1.165) is 23.4 Å². The second kappa shape index (κ2) is 9.67. The first kappa shape index (κ1) is 21.7. The Morgan fingerprint density at radius 1 is 1.07 bits per heavy atom. The normalized spacial score (nSPS) is 17.6. The minimum absolute atomic E-state index is 0.0963. The van der Waals surface area contributed by atoms with E-state index in [1.807, 2.05) is 36.1 Å². The van der Waals surface area contributed by atoms with Crippen molar-refractivity contribution >= 4 is 10.0 Å². The first-order chi connectivity index (χ1) is 13.9. The standard InChI is InChI=1S/C21H27FN2O4S/c1-17-5-2-3-6-21(17)28-16-19(25)15-23-11-4-12-24(14-13-23)29(26,27)20-9-7-18(22)8-10-20/h2-3,5-10,19,25H,4,11-16H2,1H3. The minimum atomic E-state index is -3.65. The second-order valence-electron chi connectivity index (χ2n) is 7.24. The van der Waals surface area contributed by atoms with Gasteiger partial charge in [0.2, 0.25) is 10.0 Å². The lowest BCUT2D eigenvalue weighted by molar-refractivity contribution is 0.0697. The van der Waals surface area contributed by atoms with Crippen LogP contribution in [0, 0.1) is 12.7 Å². The Bertz CT molecular complexity index is 905. The molecule has 1 unspecified atom stereocenters. The number of aliphatic hydroxyl groups is 1. The Morgan fingerprint density at radius 3 is 2.52 bits per heavy atom. The Morgan fingerprint density at radius 2 is 1.79 bits per heavy atom. The summed E-state index contributed by atoms with van der Waals surface area (Å²) >= 11 is 0. The number of β-amino-alcohol motifs (C(OH)–C–C–N with tert-alkyl or cyclic N) is 1. The number of halogens is 1. The van der Waals surface area contributed by atoms with E-state index >= 15 is 0 Å². The smallest absolute Gasteiger partial charge is 0.243 e. The van der Waals surface area contributed by atoms with Crippen LogP contribution in [-0.2, 0) is 10.0 Å². The highest BCUT2D eigenvalue weighted by Crippen LogP contribution is 2.19. The number of hydrogen-bond acceptors (Lipinski definition) is 5. The molecule has 1 atom stereocenters. The van der Waals surface area contributed by atoms with E-state index in [9.17, 15) is 17.9 Å². The summed E-state index contributed by atoms with van der Waals surface area (Å²) < 4.78 is 45.8. The summed E-state index contributed by atoms with van der Waals surface area (Å²) in [5.41, 5.74) is 1.01. The topological polar surface area (TPSA) is 70.1 Å². The Hall–Kier alpha value is -2.00. The maximum absolute atomic E-state index is 13.1. The van der Waals surface area contributed by atoms with Crippen molar-refractivity contribution in [1.29, 1.82) is 0 Å². The number of aliphatic hydroxyl groups excluding tert-OH is 1. The van der Waals surface area contributed by atoms with Crippen LogP contribution in [0.4, 0.5) is 4.39 Å². The lowest BCUT2D eigenvalue weighted by Gasteiger charge is -2.24. The average Bonchev–Trinajstić information content (AvgIpc) is 2.94. The molecule has 158 valence electrons. The molecule has 0 radical (unpaired) electrons. The number of para-hydroxylation sites is 1. The molecule has 1 N–H and O–H groups in total. The summed E-state index contributed by atoms with van der Waals surface area (Å²) in [5, 5.41) is 10.3. The van der Waals surface area contributed by atoms with E-state index in [2.05, 4.69) is 0 Å². The van der Waals surface area contributed by atoms with Crippen LogP contribution in [0.25, 0.3) is 0 Å². The van der Waals surface area contributed by atoms with E-state index in [1.165, 1.54) is 16.4 Å². The maximum Gasteiger partial charge on any atom is 0.243 e. The predicted molar refractivity (Wildman–Crippen MR) is 109 cm³/mol. The average molecular weight is 423 g/mol. The third kappa shape index (κ3) is 5.76. The third-order valence-electron chi connectivity index (χ3n) is 4.99. The van der Waals surface area contributed by atoms with Crippen LogP contribution in [0.3, 0.4) is 0 Å². The van der Waals surface area contributed by atoms with Crippen LogP contribution in [0.1, 0.15) is 12.0 Å². The van der Waals surface area contributed by atoms with Gasteiger partial charge in [0.25, 0.3) is 0 Å². The van der Waals surface area contributed by atoms with Gasteiger partial charge in [-0.15, -0.1) is 0 Å². The number of rotatable bonds is 7. The van der Waals surface area contributed by atoms with Gasteiger partial charge < -0.3 is 9.84 Å².